The molecule has 0 saturated carbocycles. The number of hydrogen-bond acceptors (Lipinski definition) is 6. The van der Waals surface area contributed by atoms with E-state index in [2.05, 4.69) is 4.74 Å². The van der Waals surface area contributed by atoms with Crippen molar-refractivity contribution < 1.29 is 29.3 Å². The molecule has 1 rings (SSSR count). The SMILES string of the molecule is CCOC(=O)/C(C(N)=O)=C(\O)C(=O)/C=C(\O)c1ccc(C)cc1C. The lowest BCUT2D eigenvalue weighted by Crippen LogP contribution is -2.26. The van der Waals surface area contributed by atoms with Crippen molar-refractivity contribution in [3.05, 3.63) is 52.3 Å². The highest BCUT2D eigenvalue weighted by Crippen LogP contribution is 2.19. The van der Waals surface area contributed by atoms with Crippen LogP contribution in [0, 0.1) is 13.8 Å². The second kappa shape index (κ2) is 7.96. The van der Waals surface area contributed by atoms with Gasteiger partial charge in [0.05, 0.1) is 6.61 Å². The van der Waals surface area contributed by atoms with E-state index >= 15 is 0 Å². The molecule has 0 aliphatic heterocycles. The number of hydrogen-bond donors (Lipinski definition) is 3. The van der Waals surface area contributed by atoms with Crippen LogP contribution in [0.5, 0.6) is 0 Å². The summed E-state index contributed by atoms with van der Waals surface area (Å²) in [5.74, 6) is -5.27. The van der Waals surface area contributed by atoms with Crippen molar-refractivity contribution in [3.63, 3.8) is 0 Å². The van der Waals surface area contributed by atoms with Crippen LogP contribution in [-0.4, -0.2) is 34.5 Å². The standard InChI is InChI=1S/C17H19NO6/c1-4-24-17(23)14(16(18)22)15(21)13(20)8-12(19)11-6-5-9(2)7-10(11)3/h5-8,19,21H,4H2,1-3H3,(H2,18,22)/b12-8-,15-14-. The molecule has 7 heteroatoms. The van der Waals surface area contributed by atoms with Gasteiger partial charge in [0.25, 0.3) is 5.91 Å². The third kappa shape index (κ3) is 4.45. The lowest BCUT2D eigenvalue weighted by atomic mass is 10.0. The number of rotatable bonds is 6. The lowest BCUT2D eigenvalue weighted by molar-refractivity contribution is -0.140. The van der Waals surface area contributed by atoms with Crippen LogP contribution < -0.4 is 5.73 Å². The number of carbonyl (C=O) groups excluding carboxylic acids is 3. The summed E-state index contributed by atoms with van der Waals surface area (Å²) in [7, 11) is 0. The first kappa shape index (κ1) is 19.0. The second-order valence-corrected chi connectivity index (χ2v) is 5.02. The van der Waals surface area contributed by atoms with Gasteiger partial charge in [0.2, 0.25) is 5.78 Å². The fraction of sp³-hybridized carbons (Fsp3) is 0.235. The predicted octanol–water partition coefficient (Wildman–Crippen LogP) is 1.63. The number of aliphatic hydroxyl groups excluding tert-OH is 2. The number of allylic oxidation sites excluding steroid dienone is 1. The molecule has 4 N–H and O–H groups in total. The Labute approximate surface area is 139 Å². The Balaban J connectivity index is 3.25. The van der Waals surface area contributed by atoms with Gasteiger partial charge in [0.15, 0.2) is 11.3 Å². The minimum Gasteiger partial charge on any atom is -0.507 e. The second-order valence-electron chi connectivity index (χ2n) is 5.02. The van der Waals surface area contributed by atoms with Crippen molar-refractivity contribution in [2.45, 2.75) is 20.8 Å². The Morgan fingerprint density at radius 2 is 1.83 bits per heavy atom. The first-order valence-electron chi connectivity index (χ1n) is 7.11. The van der Waals surface area contributed by atoms with Gasteiger partial charge in [-0.3, -0.25) is 9.59 Å². The molecule has 24 heavy (non-hydrogen) atoms. The van der Waals surface area contributed by atoms with E-state index in [-0.39, 0.29) is 6.61 Å². The van der Waals surface area contributed by atoms with E-state index in [1.54, 1.807) is 25.1 Å². The highest BCUT2D eigenvalue weighted by Gasteiger charge is 2.26. The summed E-state index contributed by atoms with van der Waals surface area (Å²) >= 11 is 0. The Bertz CT molecular complexity index is 745. The molecule has 1 aromatic rings. The van der Waals surface area contributed by atoms with Crippen LogP contribution in [0.4, 0.5) is 0 Å². The van der Waals surface area contributed by atoms with E-state index in [1.165, 1.54) is 6.92 Å². The molecule has 128 valence electrons. The average molecular weight is 333 g/mol. The van der Waals surface area contributed by atoms with E-state index in [9.17, 15) is 24.6 Å². The molecule has 0 atom stereocenters. The molecule has 0 aromatic heterocycles. The van der Waals surface area contributed by atoms with Gasteiger partial charge in [-0.15, -0.1) is 0 Å². The molecule has 1 amide bonds. The molecule has 0 saturated heterocycles. The topological polar surface area (TPSA) is 127 Å². The molecule has 7 nitrogen and oxygen atoms in total. The summed E-state index contributed by atoms with van der Waals surface area (Å²) in [4.78, 5) is 34.9. The van der Waals surface area contributed by atoms with Gasteiger partial charge in [-0.25, -0.2) is 4.79 Å². The van der Waals surface area contributed by atoms with Crippen LogP contribution >= 0.6 is 0 Å². The molecule has 1 aromatic carbocycles. The molecule has 0 heterocycles. The largest absolute Gasteiger partial charge is 0.507 e. The number of esters is 1. The molecular formula is C17H19NO6. The molecule has 0 bridgehead atoms. The number of ketones is 1. The van der Waals surface area contributed by atoms with Gasteiger partial charge in [-0.2, -0.15) is 0 Å². The average Bonchev–Trinajstić information content (AvgIpc) is 2.46. The van der Waals surface area contributed by atoms with Crippen LogP contribution in [0.15, 0.2) is 35.6 Å². The number of amides is 1. The van der Waals surface area contributed by atoms with Crippen LogP contribution in [0.2, 0.25) is 0 Å². The molecule has 0 aliphatic rings. The van der Waals surface area contributed by atoms with Gasteiger partial charge in [0.1, 0.15) is 5.76 Å². The highest BCUT2D eigenvalue weighted by molar-refractivity contribution is 6.22. The van der Waals surface area contributed by atoms with Crippen molar-refractivity contribution in [2.75, 3.05) is 6.61 Å². The van der Waals surface area contributed by atoms with Gasteiger partial charge in [-0.05, 0) is 26.3 Å². The monoisotopic (exact) mass is 333 g/mol. The molecule has 0 unspecified atom stereocenters. The summed E-state index contributed by atoms with van der Waals surface area (Å²) in [6.07, 6.45) is 0.704. The van der Waals surface area contributed by atoms with Gasteiger partial charge >= 0.3 is 5.97 Å². The maximum atomic E-state index is 12.0. The molecule has 0 spiro atoms. The maximum absolute atomic E-state index is 12.0. The number of benzene rings is 1. The van der Waals surface area contributed by atoms with Crippen LogP contribution in [0.25, 0.3) is 5.76 Å². The number of carbonyl (C=O) groups is 3. The number of ether oxygens (including phenoxy) is 1. The number of aryl methyl sites for hydroxylation is 2. The van der Waals surface area contributed by atoms with E-state index in [0.717, 1.165) is 5.56 Å². The van der Waals surface area contributed by atoms with Gasteiger partial charge < -0.3 is 20.7 Å². The summed E-state index contributed by atoms with van der Waals surface area (Å²) in [6, 6.07) is 5.14. The Kier molecular flexibility index (Phi) is 6.29. The normalized spacial score (nSPS) is 12.4. The fourth-order valence-corrected chi connectivity index (χ4v) is 2.01. The van der Waals surface area contributed by atoms with E-state index in [4.69, 9.17) is 5.73 Å². The Morgan fingerprint density at radius 1 is 1.21 bits per heavy atom. The van der Waals surface area contributed by atoms with Crippen LogP contribution in [0.1, 0.15) is 23.6 Å². The summed E-state index contributed by atoms with van der Waals surface area (Å²) in [5.41, 5.74) is 6.08. The minimum absolute atomic E-state index is 0.0687. The van der Waals surface area contributed by atoms with E-state index in [0.29, 0.717) is 17.2 Å². The minimum atomic E-state index is -1.31. The first-order chi connectivity index (χ1) is 11.2. The third-order valence-electron chi connectivity index (χ3n) is 3.12. The van der Waals surface area contributed by atoms with Crippen molar-refractivity contribution >= 4 is 23.4 Å². The predicted molar refractivity (Wildman–Crippen MR) is 87.0 cm³/mol. The smallest absolute Gasteiger partial charge is 0.347 e. The quantitative estimate of drug-likeness (QED) is 0.239. The summed E-state index contributed by atoms with van der Waals surface area (Å²) in [5, 5.41) is 19.9. The number of primary amides is 1. The Morgan fingerprint density at radius 3 is 2.33 bits per heavy atom. The van der Waals surface area contributed by atoms with Crippen molar-refractivity contribution in [2.24, 2.45) is 5.73 Å². The zero-order chi connectivity index (χ0) is 18.4. The zero-order valence-electron chi connectivity index (χ0n) is 13.6. The lowest BCUT2D eigenvalue weighted by Gasteiger charge is -2.07. The number of nitrogens with two attached hydrogens (primary N) is 1. The molecule has 0 aliphatic carbocycles. The fourth-order valence-electron chi connectivity index (χ4n) is 2.01. The third-order valence-corrected chi connectivity index (χ3v) is 3.12. The molecule has 0 radical (unpaired) electrons. The summed E-state index contributed by atoms with van der Waals surface area (Å²) in [6.45, 7) is 5.03. The molecular weight excluding hydrogens is 314 g/mol. The highest BCUT2D eigenvalue weighted by atomic mass is 16.5. The number of aliphatic hydroxyl groups is 2. The molecule has 0 fully saturated rings. The van der Waals surface area contributed by atoms with E-state index < -0.39 is 34.8 Å². The van der Waals surface area contributed by atoms with Crippen molar-refractivity contribution in [3.8, 4) is 0 Å². The van der Waals surface area contributed by atoms with Crippen molar-refractivity contribution in [1.29, 1.82) is 0 Å². The van der Waals surface area contributed by atoms with Gasteiger partial charge in [0, 0.05) is 11.6 Å². The van der Waals surface area contributed by atoms with E-state index in [1.807, 2.05) is 6.92 Å². The maximum Gasteiger partial charge on any atom is 0.347 e. The first-order valence-corrected chi connectivity index (χ1v) is 7.11. The zero-order valence-corrected chi connectivity index (χ0v) is 13.6. The van der Waals surface area contributed by atoms with Crippen LogP contribution in [0.3, 0.4) is 0 Å². The summed E-state index contributed by atoms with van der Waals surface area (Å²) < 4.78 is 4.57. The van der Waals surface area contributed by atoms with Gasteiger partial charge in [-0.1, -0.05) is 23.8 Å². The van der Waals surface area contributed by atoms with Crippen LogP contribution in [-0.2, 0) is 19.1 Å². The Hall–Kier alpha value is -3.09. The van der Waals surface area contributed by atoms with Crippen molar-refractivity contribution in [1.82, 2.24) is 0 Å².